The summed E-state index contributed by atoms with van der Waals surface area (Å²) in [5.74, 6) is 0. The van der Waals surface area contributed by atoms with Gasteiger partial charge in [-0.25, -0.2) is 0 Å². The Morgan fingerprint density at radius 3 is 2.80 bits per heavy atom. The van der Waals surface area contributed by atoms with Crippen molar-refractivity contribution in [3.8, 4) is 0 Å². The fraction of sp³-hybridized carbons (Fsp3) is 0.364. The first-order valence-electron chi connectivity index (χ1n) is 4.83. The van der Waals surface area contributed by atoms with E-state index in [0.717, 1.165) is 11.1 Å². The van der Waals surface area contributed by atoms with Crippen LogP contribution in [-0.2, 0) is 17.9 Å². The van der Waals surface area contributed by atoms with Gasteiger partial charge in [0.05, 0.1) is 6.61 Å². The van der Waals surface area contributed by atoms with Gasteiger partial charge in [-0.05, 0) is 17.2 Å². The number of hydrogen-bond donors (Lipinski definition) is 3. The molecule has 1 radical (unpaired) electrons. The van der Waals surface area contributed by atoms with Crippen LogP contribution in [0.4, 0.5) is 0 Å². The summed E-state index contributed by atoms with van der Waals surface area (Å²) in [6.07, 6.45) is 1.83. The average Bonchev–Trinajstić information content (AvgIpc) is 2.29. The van der Waals surface area contributed by atoms with E-state index in [1.165, 1.54) is 0 Å². The topological polar surface area (TPSA) is 75.4 Å². The summed E-state index contributed by atoms with van der Waals surface area (Å²) in [7, 11) is 0. The minimum Gasteiger partial charge on any atom is -0.395 e. The van der Waals surface area contributed by atoms with E-state index in [9.17, 15) is 4.79 Å². The second-order valence-corrected chi connectivity index (χ2v) is 3.19. The number of carbonyl (C=O) groups excluding carboxylic acids is 1. The van der Waals surface area contributed by atoms with Gasteiger partial charge in [-0.2, -0.15) is 0 Å². The minimum atomic E-state index is 0.109. The molecule has 0 saturated heterocycles. The monoisotopic (exact) mass is 207 g/mol. The molecule has 0 aromatic heterocycles. The van der Waals surface area contributed by atoms with Gasteiger partial charge in [0.1, 0.15) is 0 Å². The zero-order chi connectivity index (χ0) is 11.1. The van der Waals surface area contributed by atoms with Gasteiger partial charge < -0.3 is 16.2 Å². The van der Waals surface area contributed by atoms with Crippen molar-refractivity contribution in [3.63, 3.8) is 0 Å². The van der Waals surface area contributed by atoms with Crippen molar-refractivity contribution in [2.45, 2.75) is 13.1 Å². The maximum Gasteiger partial charge on any atom is 0.233 e. The lowest BCUT2D eigenvalue weighted by molar-refractivity contribution is 0.292. The van der Waals surface area contributed by atoms with Gasteiger partial charge in [-0.1, -0.05) is 12.1 Å². The van der Waals surface area contributed by atoms with Gasteiger partial charge in [0, 0.05) is 25.2 Å². The van der Waals surface area contributed by atoms with Gasteiger partial charge in [-0.3, -0.25) is 4.79 Å². The van der Waals surface area contributed by atoms with Crippen LogP contribution in [0.2, 0.25) is 0 Å². The van der Waals surface area contributed by atoms with Crippen LogP contribution in [0.15, 0.2) is 18.2 Å². The average molecular weight is 207 g/mol. The molecule has 0 atom stereocenters. The van der Waals surface area contributed by atoms with E-state index < -0.39 is 0 Å². The summed E-state index contributed by atoms with van der Waals surface area (Å²) in [5.41, 5.74) is 8.06. The molecule has 4 heteroatoms. The first-order valence-corrected chi connectivity index (χ1v) is 4.83. The Morgan fingerprint density at radius 2 is 2.20 bits per heavy atom. The molecule has 1 aromatic carbocycles. The normalized spacial score (nSPS) is 10.3. The van der Waals surface area contributed by atoms with Crippen molar-refractivity contribution in [3.05, 3.63) is 34.9 Å². The third-order valence-electron chi connectivity index (χ3n) is 2.15. The van der Waals surface area contributed by atoms with Crippen LogP contribution in [0.3, 0.4) is 0 Å². The van der Waals surface area contributed by atoms with Crippen LogP contribution in [0.25, 0.3) is 0 Å². The van der Waals surface area contributed by atoms with Crippen LogP contribution in [0.1, 0.15) is 16.7 Å². The van der Waals surface area contributed by atoms with Crippen LogP contribution in [0, 0.1) is 0 Å². The van der Waals surface area contributed by atoms with Crippen LogP contribution >= 0.6 is 0 Å². The molecular weight excluding hydrogens is 192 g/mol. The third kappa shape index (κ3) is 3.43. The molecule has 4 N–H and O–H groups in total. The highest BCUT2D eigenvalue weighted by atomic mass is 16.3. The Labute approximate surface area is 89.1 Å². The number of nitrogens with two attached hydrogens (primary N) is 1. The second-order valence-electron chi connectivity index (χ2n) is 3.19. The second kappa shape index (κ2) is 6.29. The molecule has 0 aliphatic heterocycles. The number of benzene rings is 1. The fourth-order valence-electron chi connectivity index (χ4n) is 1.35. The van der Waals surface area contributed by atoms with Gasteiger partial charge in [0.2, 0.25) is 6.29 Å². The minimum absolute atomic E-state index is 0.109. The molecule has 81 valence electrons. The Hall–Kier alpha value is -1.23. The van der Waals surface area contributed by atoms with Crippen LogP contribution < -0.4 is 11.1 Å². The van der Waals surface area contributed by atoms with E-state index in [1.54, 1.807) is 12.1 Å². The van der Waals surface area contributed by atoms with E-state index in [-0.39, 0.29) is 6.61 Å². The van der Waals surface area contributed by atoms with Gasteiger partial charge in [0.15, 0.2) is 0 Å². The van der Waals surface area contributed by atoms with Crippen LogP contribution in [0.5, 0.6) is 0 Å². The van der Waals surface area contributed by atoms with Crippen molar-refractivity contribution in [2.75, 3.05) is 13.2 Å². The van der Waals surface area contributed by atoms with Crippen molar-refractivity contribution in [2.24, 2.45) is 5.73 Å². The van der Waals surface area contributed by atoms with Crippen molar-refractivity contribution in [1.82, 2.24) is 5.32 Å². The molecule has 15 heavy (non-hydrogen) atoms. The van der Waals surface area contributed by atoms with Crippen molar-refractivity contribution < 1.29 is 9.90 Å². The first-order chi connectivity index (χ1) is 7.31. The zero-order valence-electron chi connectivity index (χ0n) is 8.49. The Bertz CT molecular complexity index is 326. The summed E-state index contributed by atoms with van der Waals surface area (Å²) in [6.45, 7) is 1.70. The molecule has 0 heterocycles. The maximum absolute atomic E-state index is 10.4. The molecule has 1 rings (SSSR count). The lowest BCUT2D eigenvalue weighted by atomic mass is 10.0. The summed E-state index contributed by atoms with van der Waals surface area (Å²) in [5, 5.41) is 11.7. The van der Waals surface area contributed by atoms with E-state index in [4.69, 9.17) is 10.8 Å². The standard InChI is InChI=1S/C11H15N2O2/c12-6-11-5-9(8-15)1-2-10(11)7-13-3-4-14/h1-2,5,13-14H,3-4,6-7,12H2. The van der Waals surface area contributed by atoms with Crippen LogP contribution in [-0.4, -0.2) is 24.5 Å². The molecule has 4 nitrogen and oxygen atoms in total. The summed E-state index contributed by atoms with van der Waals surface area (Å²) in [6, 6.07) is 5.30. The van der Waals surface area contributed by atoms with E-state index in [0.29, 0.717) is 25.2 Å². The Kier molecular flexibility index (Phi) is 4.97. The lowest BCUT2D eigenvalue weighted by Crippen LogP contribution is -2.19. The Balaban J connectivity index is 2.73. The van der Waals surface area contributed by atoms with Gasteiger partial charge in [-0.15, -0.1) is 0 Å². The maximum atomic E-state index is 10.4. The largest absolute Gasteiger partial charge is 0.395 e. The molecular formula is C11H15N2O2. The summed E-state index contributed by atoms with van der Waals surface area (Å²) < 4.78 is 0. The third-order valence-corrected chi connectivity index (χ3v) is 2.15. The molecule has 0 bridgehead atoms. The quantitative estimate of drug-likeness (QED) is 0.559. The predicted octanol–water partition coefficient (Wildman–Crippen LogP) is -0.315. The smallest absolute Gasteiger partial charge is 0.233 e. The van der Waals surface area contributed by atoms with Crippen molar-refractivity contribution in [1.29, 1.82) is 0 Å². The number of rotatable bonds is 6. The molecule has 0 fully saturated rings. The highest BCUT2D eigenvalue weighted by molar-refractivity contribution is 5.75. The number of aliphatic hydroxyl groups is 1. The highest BCUT2D eigenvalue weighted by Gasteiger charge is 2.02. The van der Waals surface area contributed by atoms with E-state index in [1.807, 2.05) is 12.4 Å². The van der Waals surface area contributed by atoms with Crippen molar-refractivity contribution >= 4 is 6.29 Å². The highest BCUT2D eigenvalue weighted by Crippen LogP contribution is 2.10. The first kappa shape index (κ1) is 11.8. The zero-order valence-corrected chi connectivity index (χ0v) is 8.49. The van der Waals surface area contributed by atoms with E-state index in [2.05, 4.69) is 5.32 Å². The van der Waals surface area contributed by atoms with E-state index >= 15 is 0 Å². The predicted molar refractivity (Wildman–Crippen MR) is 57.9 cm³/mol. The Morgan fingerprint density at radius 1 is 1.40 bits per heavy atom. The molecule has 0 aliphatic rings. The SMILES string of the molecule is NCc1cc([C]=O)ccc1CNCCO. The molecule has 0 saturated carbocycles. The molecule has 0 aliphatic carbocycles. The summed E-state index contributed by atoms with van der Waals surface area (Å²) in [4.78, 5) is 10.4. The number of aliphatic hydroxyl groups excluding tert-OH is 1. The number of nitrogens with one attached hydrogen (secondary N) is 1. The lowest BCUT2D eigenvalue weighted by Gasteiger charge is -2.08. The van der Waals surface area contributed by atoms with Gasteiger partial charge >= 0.3 is 0 Å². The molecule has 0 unspecified atom stereocenters. The van der Waals surface area contributed by atoms with Gasteiger partial charge in [0.25, 0.3) is 0 Å². The molecule has 0 amide bonds. The molecule has 0 spiro atoms. The number of hydrogen-bond acceptors (Lipinski definition) is 4. The summed E-state index contributed by atoms with van der Waals surface area (Å²) >= 11 is 0. The molecule has 1 aromatic rings. The fourth-order valence-corrected chi connectivity index (χ4v) is 1.35.